The number of hydrogen-bond acceptors (Lipinski definition) is 8. The molecule has 208 valence electrons. The summed E-state index contributed by atoms with van der Waals surface area (Å²) < 4.78 is 26.9. The maximum absolute atomic E-state index is 12.5. The highest BCUT2D eigenvalue weighted by Crippen LogP contribution is 2.49. The number of benzene rings is 1. The van der Waals surface area contributed by atoms with Crippen molar-refractivity contribution in [3.8, 4) is 5.75 Å². The molecule has 0 heterocycles. The van der Waals surface area contributed by atoms with Crippen molar-refractivity contribution in [2.45, 2.75) is 83.8 Å². The van der Waals surface area contributed by atoms with E-state index in [0.717, 1.165) is 56.9 Å². The molecule has 37 heavy (non-hydrogen) atoms. The van der Waals surface area contributed by atoms with E-state index in [-0.39, 0.29) is 31.3 Å². The van der Waals surface area contributed by atoms with Gasteiger partial charge in [-0.2, -0.15) is 0 Å². The Labute approximate surface area is 220 Å². The van der Waals surface area contributed by atoms with Crippen molar-refractivity contribution in [1.82, 2.24) is 0 Å². The van der Waals surface area contributed by atoms with Gasteiger partial charge < -0.3 is 28.8 Å². The zero-order valence-electron chi connectivity index (χ0n) is 22.6. The third-order valence-electron chi connectivity index (χ3n) is 7.77. The van der Waals surface area contributed by atoms with E-state index in [0.29, 0.717) is 37.2 Å². The molecule has 0 saturated heterocycles. The van der Waals surface area contributed by atoms with Gasteiger partial charge in [-0.3, -0.25) is 0 Å². The van der Waals surface area contributed by atoms with Crippen molar-refractivity contribution in [2.75, 3.05) is 33.5 Å². The fourth-order valence-electron chi connectivity index (χ4n) is 5.89. The van der Waals surface area contributed by atoms with Gasteiger partial charge in [-0.25, -0.2) is 9.59 Å². The number of aliphatic hydroxyl groups is 1. The van der Waals surface area contributed by atoms with Gasteiger partial charge >= 0.3 is 12.1 Å². The van der Waals surface area contributed by atoms with Crippen LogP contribution < -0.4 is 4.74 Å². The summed E-state index contributed by atoms with van der Waals surface area (Å²) in [5.74, 6) is 1.11. The first kappa shape index (κ1) is 29.2. The Hall–Kier alpha value is -2.32. The Morgan fingerprint density at radius 2 is 1.95 bits per heavy atom. The number of unbranched alkanes of at least 4 members (excludes halogenated alkanes) is 2. The molecule has 2 aliphatic carbocycles. The van der Waals surface area contributed by atoms with Crippen LogP contribution in [0.4, 0.5) is 4.79 Å². The molecule has 0 aromatic heterocycles. The van der Waals surface area contributed by atoms with E-state index in [1.54, 1.807) is 0 Å². The maximum atomic E-state index is 12.5. The molecule has 0 unspecified atom stereocenters. The van der Waals surface area contributed by atoms with E-state index in [4.69, 9.17) is 23.7 Å². The SMILES string of the molecule is CCCCC[C@H](O)CC[C@@H]1[C@H]2Cc3cccc(OCC(=O)OC)c3C[C@H]2C[C@H]1OC(=O)OCCOCC. The van der Waals surface area contributed by atoms with Crippen molar-refractivity contribution in [1.29, 1.82) is 0 Å². The minimum Gasteiger partial charge on any atom is -0.482 e. The summed E-state index contributed by atoms with van der Waals surface area (Å²) in [5.41, 5.74) is 2.32. The largest absolute Gasteiger partial charge is 0.508 e. The zero-order chi connectivity index (χ0) is 26.6. The second-order valence-electron chi connectivity index (χ2n) is 10.2. The molecule has 0 radical (unpaired) electrons. The number of carbonyl (C=O) groups is 2. The predicted molar refractivity (Wildman–Crippen MR) is 139 cm³/mol. The lowest BCUT2D eigenvalue weighted by atomic mass is 9.73. The van der Waals surface area contributed by atoms with Crippen LogP contribution in [0, 0.1) is 17.8 Å². The summed E-state index contributed by atoms with van der Waals surface area (Å²) in [6.45, 7) is 5.01. The molecule has 1 fully saturated rings. The Balaban J connectivity index is 1.69. The minimum atomic E-state index is -0.656. The van der Waals surface area contributed by atoms with Crippen molar-refractivity contribution < 1.29 is 38.4 Å². The second kappa shape index (κ2) is 15.2. The van der Waals surface area contributed by atoms with Gasteiger partial charge in [0, 0.05) is 6.61 Å². The molecular formula is C29H44O8. The van der Waals surface area contributed by atoms with Crippen LogP contribution in [0.5, 0.6) is 5.75 Å². The molecule has 1 N–H and O–H groups in total. The lowest BCUT2D eigenvalue weighted by molar-refractivity contribution is -0.142. The van der Waals surface area contributed by atoms with Crippen LogP contribution in [0.15, 0.2) is 18.2 Å². The van der Waals surface area contributed by atoms with Gasteiger partial charge in [-0.15, -0.1) is 0 Å². The summed E-state index contributed by atoms with van der Waals surface area (Å²) in [6.07, 6.45) is 6.74. The van der Waals surface area contributed by atoms with Crippen LogP contribution in [-0.2, 0) is 36.6 Å². The van der Waals surface area contributed by atoms with Gasteiger partial charge in [-0.1, -0.05) is 38.3 Å². The lowest BCUT2D eigenvalue weighted by Crippen LogP contribution is -2.30. The molecule has 3 rings (SSSR count). The van der Waals surface area contributed by atoms with Gasteiger partial charge in [0.05, 0.1) is 19.8 Å². The molecule has 1 aromatic carbocycles. The standard InChI is InChI=1S/C29H44O8/c1-4-6-7-10-22(30)12-13-23-24-16-20-9-8-11-26(36-19-28(31)33-3)25(20)17-21(24)18-27(23)37-29(32)35-15-14-34-5-2/h8-9,11,21-24,27,30H,4-7,10,12-19H2,1-3H3/t21-,22-,23+,24-,27+/m0/s1. The van der Waals surface area contributed by atoms with Gasteiger partial charge in [0.2, 0.25) is 0 Å². The van der Waals surface area contributed by atoms with Gasteiger partial charge in [0.25, 0.3) is 0 Å². The average Bonchev–Trinajstić information content (AvgIpc) is 3.22. The normalized spacial score (nSPS) is 23.0. The fraction of sp³-hybridized carbons (Fsp3) is 0.724. The molecule has 8 heteroatoms. The third-order valence-corrected chi connectivity index (χ3v) is 7.77. The number of esters is 1. The van der Waals surface area contributed by atoms with E-state index < -0.39 is 12.1 Å². The number of hydrogen-bond donors (Lipinski definition) is 1. The van der Waals surface area contributed by atoms with Crippen molar-refractivity contribution in [2.24, 2.45) is 17.8 Å². The van der Waals surface area contributed by atoms with Gasteiger partial charge in [0.15, 0.2) is 6.61 Å². The first-order valence-electron chi connectivity index (χ1n) is 13.9. The Morgan fingerprint density at radius 1 is 1.11 bits per heavy atom. The van der Waals surface area contributed by atoms with Gasteiger partial charge in [-0.05, 0) is 80.4 Å². The van der Waals surface area contributed by atoms with Crippen molar-refractivity contribution in [3.63, 3.8) is 0 Å². The van der Waals surface area contributed by atoms with Crippen LogP contribution in [0.2, 0.25) is 0 Å². The van der Waals surface area contributed by atoms with Crippen LogP contribution in [-0.4, -0.2) is 63.0 Å². The molecule has 0 amide bonds. The molecule has 0 spiro atoms. The zero-order valence-corrected chi connectivity index (χ0v) is 22.6. The van der Waals surface area contributed by atoms with E-state index in [1.807, 2.05) is 19.1 Å². The van der Waals surface area contributed by atoms with Crippen molar-refractivity contribution in [3.05, 3.63) is 29.3 Å². The quantitative estimate of drug-likeness (QED) is 0.258. The summed E-state index contributed by atoms with van der Waals surface area (Å²) >= 11 is 0. The Morgan fingerprint density at radius 3 is 2.70 bits per heavy atom. The highest BCUT2D eigenvalue weighted by Gasteiger charge is 2.47. The minimum absolute atomic E-state index is 0.126. The monoisotopic (exact) mass is 520 g/mol. The van der Waals surface area contributed by atoms with E-state index in [1.165, 1.54) is 12.7 Å². The molecule has 8 nitrogen and oxygen atoms in total. The topological polar surface area (TPSA) is 101 Å². The number of carbonyl (C=O) groups excluding carboxylic acids is 2. The Bertz CT molecular complexity index is 856. The predicted octanol–water partition coefficient (Wildman–Crippen LogP) is 4.87. The first-order valence-corrected chi connectivity index (χ1v) is 13.9. The highest BCUT2D eigenvalue weighted by atomic mass is 16.7. The summed E-state index contributed by atoms with van der Waals surface area (Å²) in [4.78, 5) is 24.1. The van der Waals surface area contributed by atoms with Crippen LogP contribution in [0.25, 0.3) is 0 Å². The van der Waals surface area contributed by atoms with E-state index >= 15 is 0 Å². The summed E-state index contributed by atoms with van der Waals surface area (Å²) in [5, 5.41) is 10.6. The number of methoxy groups -OCH3 is 1. The number of ether oxygens (including phenoxy) is 5. The summed E-state index contributed by atoms with van der Waals surface area (Å²) in [6, 6.07) is 5.96. The first-order chi connectivity index (χ1) is 18.0. The average molecular weight is 521 g/mol. The van der Waals surface area contributed by atoms with Crippen molar-refractivity contribution >= 4 is 12.1 Å². The molecule has 0 bridgehead atoms. The van der Waals surface area contributed by atoms with E-state index in [9.17, 15) is 14.7 Å². The lowest BCUT2D eigenvalue weighted by Gasteiger charge is -2.32. The number of fused-ring (bicyclic) bond motifs is 2. The smallest absolute Gasteiger partial charge is 0.482 e. The van der Waals surface area contributed by atoms with Crippen LogP contribution in [0.1, 0.15) is 69.9 Å². The molecule has 0 aliphatic heterocycles. The molecular weight excluding hydrogens is 476 g/mol. The summed E-state index contributed by atoms with van der Waals surface area (Å²) in [7, 11) is 1.35. The van der Waals surface area contributed by atoms with E-state index in [2.05, 4.69) is 13.0 Å². The van der Waals surface area contributed by atoms with Crippen LogP contribution >= 0.6 is 0 Å². The number of rotatable bonds is 15. The van der Waals surface area contributed by atoms with Crippen LogP contribution in [0.3, 0.4) is 0 Å². The molecule has 5 atom stereocenters. The Kier molecular flexibility index (Phi) is 12.0. The molecule has 1 saturated carbocycles. The second-order valence-corrected chi connectivity index (χ2v) is 10.2. The number of aliphatic hydroxyl groups excluding tert-OH is 1. The van der Waals surface area contributed by atoms with Gasteiger partial charge in [0.1, 0.15) is 18.5 Å². The highest BCUT2D eigenvalue weighted by molar-refractivity contribution is 5.71. The molecule has 1 aromatic rings. The molecule has 2 aliphatic rings. The third kappa shape index (κ3) is 8.60. The fourth-order valence-corrected chi connectivity index (χ4v) is 5.89. The maximum Gasteiger partial charge on any atom is 0.508 e.